The van der Waals surface area contributed by atoms with Gasteiger partial charge in [0.15, 0.2) is 5.92 Å². The summed E-state index contributed by atoms with van der Waals surface area (Å²) in [6, 6.07) is -0.490. The molecular formula is C13H24FNO4. The van der Waals surface area contributed by atoms with Gasteiger partial charge in [0.05, 0.1) is 13.2 Å². The number of hydrogen-bond acceptors (Lipinski definition) is 5. The van der Waals surface area contributed by atoms with Gasteiger partial charge in [-0.2, -0.15) is 0 Å². The summed E-state index contributed by atoms with van der Waals surface area (Å²) in [6.07, 6.45) is -0.561. The molecule has 6 heteroatoms. The Labute approximate surface area is 113 Å². The first-order valence-electron chi connectivity index (χ1n) is 6.68. The van der Waals surface area contributed by atoms with Crippen LogP contribution in [0.25, 0.3) is 0 Å². The van der Waals surface area contributed by atoms with E-state index in [1.165, 1.54) is 6.92 Å². The second-order valence-electron chi connectivity index (χ2n) is 4.19. The summed E-state index contributed by atoms with van der Waals surface area (Å²) in [4.78, 5) is 23.7. The summed E-state index contributed by atoms with van der Waals surface area (Å²) >= 11 is 0. The quantitative estimate of drug-likeness (QED) is 0.510. The van der Waals surface area contributed by atoms with Gasteiger partial charge < -0.3 is 14.8 Å². The molecule has 0 rings (SSSR count). The van der Waals surface area contributed by atoms with Gasteiger partial charge in [0, 0.05) is 12.6 Å². The van der Waals surface area contributed by atoms with Gasteiger partial charge in [-0.3, -0.25) is 9.59 Å². The molecule has 0 radical (unpaired) electrons. The number of hydrogen-bond donors (Lipinski definition) is 1. The fourth-order valence-electron chi connectivity index (χ4n) is 1.70. The minimum absolute atomic E-state index is 0.0772. The summed E-state index contributed by atoms with van der Waals surface area (Å²) < 4.78 is 22.6. The predicted octanol–water partition coefficient (Wildman–Crippen LogP) is 1.45. The third-order valence-corrected chi connectivity index (χ3v) is 2.58. The van der Waals surface area contributed by atoms with Crippen LogP contribution in [0.1, 0.15) is 34.1 Å². The van der Waals surface area contributed by atoms with Crippen molar-refractivity contribution in [3.8, 4) is 0 Å². The van der Waals surface area contributed by atoms with Crippen molar-refractivity contribution in [1.29, 1.82) is 0 Å². The number of alkyl halides is 1. The lowest BCUT2D eigenvalue weighted by molar-refractivity contribution is -0.163. The van der Waals surface area contributed by atoms with E-state index in [2.05, 4.69) is 5.32 Å². The molecule has 0 spiro atoms. The first kappa shape index (κ1) is 17.8. The van der Waals surface area contributed by atoms with E-state index in [4.69, 9.17) is 9.47 Å². The standard InChI is InChI=1S/C13H24FNO4/c1-5-10(15-8-9(4)14)11(12(16)18-6-2)13(17)19-7-3/h9-11,15H,5-8H2,1-4H3/t9-,10-/m0/s1. The van der Waals surface area contributed by atoms with Gasteiger partial charge in [0.1, 0.15) is 6.17 Å². The zero-order valence-electron chi connectivity index (χ0n) is 12.1. The van der Waals surface area contributed by atoms with Crippen LogP contribution in [-0.4, -0.2) is 43.9 Å². The molecule has 1 N–H and O–H groups in total. The van der Waals surface area contributed by atoms with Crippen LogP contribution in [0.4, 0.5) is 4.39 Å². The average molecular weight is 277 g/mol. The average Bonchev–Trinajstić information content (AvgIpc) is 2.34. The smallest absolute Gasteiger partial charge is 0.321 e. The van der Waals surface area contributed by atoms with E-state index in [-0.39, 0.29) is 19.8 Å². The third-order valence-electron chi connectivity index (χ3n) is 2.58. The van der Waals surface area contributed by atoms with Gasteiger partial charge in [-0.25, -0.2) is 4.39 Å². The Balaban J connectivity index is 4.84. The zero-order chi connectivity index (χ0) is 14.8. The highest BCUT2D eigenvalue weighted by atomic mass is 19.1. The van der Waals surface area contributed by atoms with Gasteiger partial charge in [-0.05, 0) is 27.2 Å². The van der Waals surface area contributed by atoms with E-state index in [1.807, 2.05) is 6.92 Å². The van der Waals surface area contributed by atoms with Crippen LogP contribution in [0, 0.1) is 5.92 Å². The van der Waals surface area contributed by atoms with Gasteiger partial charge in [0.25, 0.3) is 0 Å². The Hall–Kier alpha value is -1.17. The molecule has 0 saturated carbocycles. The van der Waals surface area contributed by atoms with E-state index >= 15 is 0 Å². The normalized spacial score (nSPS) is 14.0. The molecule has 0 aromatic heterocycles. The fourth-order valence-corrected chi connectivity index (χ4v) is 1.70. The Morgan fingerprint density at radius 3 is 1.89 bits per heavy atom. The minimum Gasteiger partial charge on any atom is -0.465 e. The third kappa shape index (κ3) is 6.52. The molecule has 0 saturated heterocycles. The highest BCUT2D eigenvalue weighted by Crippen LogP contribution is 2.13. The van der Waals surface area contributed by atoms with Crippen molar-refractivity contribution in [2.45, 2.75) is 46.3 Å². The van der Waals surface area contributed by atoms with Crippen molar-refractivity contribution in [3.63, 3.8) is 0 Å². The zero-order valence-corrected chi connectivity index (χ0v) is 12.1. The molecule has 0 aromatic carbocycles. The maximum atomic E-state index is 12.9. The molecule has 5 nitrogen and oxygen atoms in total. The first-order valence-corrected chi connectivity index (χ1v) is 6.68. The predicted molar refractivity (Wildman–Crippen MR) is 69.4 cm³/mol. The molecule has 0 amide bonds. The monoisotopic (exact) mass is 277 g/mol. The Morgan fingerprint density at radius 2 is 1.58 bits per heavy atom. The van der Waals surface area contributed by atoms with Crippen molar-refractivity contribution in [3.05, 3.63) is 0 Å². The summed E-state index contributed by atoms with van der Waals surface area (Å²) in [5.41, 5.74) is 0. The van der Waals surface area contributed by atoms with Crippen LogP contribution in [-0.2, 0) is 19.1 Å². The first-order chi connectivity index (χ1) is 8.97. The number of rotatable bonds is 9. The molecule has 0 bridgehead atoms. The molecule has 19 heavy (non-hydrogen) atoms. The minimum atomic E-state index is -1.06. The summed E-state index contributed by atoms with van der Waals surface area (Å²) in [6.45, 7) is 6.99. The molecule has 0 fully saturated rings. The summed E-state index contributed by atoms with van der Waals surface area (Å²) in [7, 11) is 0. The number of ether oxygens (including phenoxy) is 2. The van der Waals surface area contributed by atoms with Crippen LogP contribution in [0.15, 0.2) is 0 Å². The Bertz CT molecular complexity index is 266. The van der Waals surface area contributed by atoms with Gasteiger partial charge in [-0.1, -0.05) is 6.92 Å². The highest BCUT2D eigenvalue weighted by Gasteiger charge is 2.36. The number of nitrogens with one attached hydrogen (secondary N) is 1. The van der Waals surface area contributed by atoms with Crippen molar-refractivity contribution in [1.82, 2.24) is 5.32 Å². The Kier molecular flexibility index (Phi) is 9.12. The van der Waals surface area contributed by atoms with Crippen molar-refractivity contribution >= 4 is 11.9 Å². The molecule has 0 heterocycles. The van der Waals surface area contributed by atoms with Crippen LogP contribution in [0.3, 0.4) is 0 Å². The molecule has 0 aromatic rings. The van der Waals surface area contributed by atoms with E-state index in [1.54, 1.807) is 13.8 Å². The molecule has 2 atom stereocenters. The lowest BCUT2D eigenvalue weighted by Crippen LogP contribution is -2.47. The molecule has 112 valence electrons. The number of halogens is 1. The highest BCUT2D eigenvalue weighted by molar-refractivity contribution is 5.95. The van der Waals surface area contributed by atoms with Crippen LogP contribution in [0.5, 0.6) is 0 Å². The second kappa shape index (κ2) is 9.72. The molecule has 0 aliphatic heterocycles. The lowest BCUT2D eigenvalue weighted by atomic mass is 9.97. The van der Waals surface area contributed by atoms with E-state index < -0.39 is 30.1 Å². The van der Waals surface area contributed by atoms with Crippen molar-refractivity contribution in [2.75, 3.05) is 19.8 Å². The fraction of sp³-hybridized carbons (Fsp3) is 0.846. The molecule has 0 aliphatic rings. The van der Waals surface area contributed by atoms with Crippen LogP contribution >= 0.6 is 0 Å². The van der Waals surface area contributed by atoms with E-state index in [9.17, 15) is 14.0 Å². The number of esters is 2. The molecular weight excluding hydrogens is 253 g/mol. The summed E-state index contributed by atoms with van der Waals surface area (Å²) in [5.74, 6) is -2.32. The number of carbonyl (C=O) groups excluding carboxylic acids is 2. The Morgan fingerprint density at radius 1 is 1.11 bits per heavy atom. The van der Waals surface area contributed by atoms with Gasteiger partial charge >= 0.3 is 11.9 Å². The van der Waals surface area contributed by atoms with Gasteiger partial charge in [-0.15, -0.1) is 0 Å². The second-order valence-corrected chi connectivity index (χ2v) is 4.19. The van der Waals surface area contributed by atoms with Gasteiger partial charge in [0.2, 0.25) is 0 Å². The molecule has 0 aliphatic carbocycles. The maximum absolute atomic E-state index is 12.9. The number of carbonyl (C=O) groups is 2. The molecule has 0 unspecified atom stereocenters. The SMILES string of the molecule is CCOC(=O)C(C(=O)OCC)[C@H](CC)NC[C@H](C)F. The summed E-state index contributed by atoms with van der Waals surface area (Å²) in [5, 5.41) is 2.87. The van der Waals surface area contributed by atoms with Crippen LogP contribution in [0.2, 0.25) is 0 Å². The largest absolute Gasteiger partial charge is 0.465 e. The van der Waals surface area contributed by atoms with Crippen LogP contribution < -0.4 is 5.32 Å². The van der Waals surface area contributed by atoms with E-state index in [0.29, 0.717) is 6.42 Å². The van der Waals surface area contributed by atoms with Crippen molar-refractivity contribution in [2.24, 2.45) is 5.92 Å². The lowest BCUT2D eigenvalue weighted by Gasteiger charge is -2.24. The maximum Gasteiger partial charge on any atom is 0.321 e. The van der Waals surface area contributed by atoms with Crippen molar-refractivity contribution < 1.29 is 23.5 Å². The van der Waals surface area contributed by atoms with E-state index in [0.717, 1.165) is 0 Å². The topological polar surface area (TPSA) is 64.6 Å².